The lowest BCUT2D eigenvalue weighted by Crippen LogP contribution is -2.50. The molecule has 1 saturated carbocycles. The van der Waals surface area contributed by atoms with Crippen molar-refractivity contribution in [1.29, 1.82) is 0 Å². The van der Waals surface area contributed by atoms with Crippen molar-refractivity contribution in [3.63, 3.8) is 0 Å². The van der Waals surface area contributed by atoms with Crippen LogP contribution in [0.4, 0.5) is 10.1 Å². The van der Waals surface area contributed by atoms with E-state index in [9.17, 15) is 17.6 Å². The molecule has 0 spiro atoms. The van der Waals surface area contributed by atoms with Crippen LogP contribution in [0.3, 0.4) is 0 Å². The molecular formula is C24H32ClFN4O4S. The maximum atomic E-state index is 14.3. The number of rotatable bonds is 6. The van der Waals surface area contributed by atoms with Gasteiger partial charge in [-0.05, 0) is 64.7 Å². The van der Waals surface area contributed by atoms with Crippen LogP contribution in [0.1, 0.15) is 46.5 Å². The number of aromatic nitrogens is 2. The largest absolute Gasteiger partial charge is 0.483 e. The first-order valence-corrected chi connectivity index (χ1v) is 13.8. The van der Waals surface area contributed by atoms with Crippen LogP contribution in [0.2, 0.25) is 5.02 Å². The lowest BCUT2D eigenvalue weighted by molar-refractivity contribution is 0.0571. The lowest BCUT2D eigenvalue weighted by Gasteiger charge is -2.37. The summed E-state index contributed by atoms with van der Waals surface area (Å²) in [6.45, 7) is 6.34. The summed E-state index contributed by atoms with van der Waals surface area (Å²) in [5.74, 6) is 0.146. The number of benzene rings is 1. The average molecular weight is 527 g/mol. The van der Waals surface area contributed by atoms with E-state index in [1.165, 1.54) is 8.99 Å². The number of nitrogens with zero attached hydrogens (tertiary/aromatic N) is 4. The second-order valence-electron chi connectivity index (χ2n) is 9.77. The highest BCUT2D eigenvalue weighted by molar-refractivity contribution is 7.89. The van der Waals surface area contributed by atoms with Gasteiger partial charge < -0.3 is 9.64 Å². The number of halogens is 2. The summed E-state index contributed by atoms with van der Waals surface area (Å²) in [7, 11) is -3.36. The van der Waals surface area contributed by atoms with Gasteiger partial charge >= 0.3 is 5.56 Å². The van der Waals surface area contributed by atoms with Gasteiger partial charge in [-0.2, -0.15) is 14.1 Å². The number of sulfonamides is 1. The molecule has 0 amide bonds. The minimum absolute atomic E-state index is 0.146. The fourth-order valence-corrected chi connectivity index (χ4v) is 5.97. The standard InChI is InChI=1S/C24H32ClFN4O4S/c1-17(2)35(32,33)29-13-11-28(12-14-29)21-16-27-30(19-6-4-5-18(25)15-19)23(31)22(21)34-20-7-9-24(3,26)10-8-20/h4-6,15-17,20H,7-14H2,1-3H3. The number of anilines is 1. The van der Waals surface area contributed by atoms with Gasteiger partial charge in [-0.3, -0.25) is 4.79 Å². The Kier molecular flexibility index (Phi) is 7.45. The number of hydrogen-bond donors (Lipinski definition) is 0. The highest BCUT2D eigenvalue weighted by Gasteiger charge is 2.34. The van der Waals surface area contributed by atoms with Crippen LogP contribution >= 0.6 is 11.6 Å². The molecule has 0 radical (unpaired) electrons. The summed E-state index contributed by atoms with van der Waals surface area (Å²) >= 11 is 6.12. The molecule has 0 unspecified atom stereocenters. The summed E-state index contributed by atoms with van der Waals surface area (Å²) in [6.07, 6.45) is 3.03. The smallest absolute Gasteiger partial charge is 0.316 e. The van der Waals surface area contributed by atoms with Crippen molar-refractivity contribution < 1.29 is 17.5 Å². The highest BCUT2D eigenvalue weighted by Crippen LogP contribution is 2.35. The quantitative estimate of drug-likeness (QED) is 0.569. The molecular weight excluding hydrogens is 495 g/mol. The molecule has 192 valence electrons. The van der Waals surface area contributed by atoms with E-state index >= 15 is 0 Å². The molecule has 1 saturated heterocycles. The third-order valence-corrected chi connectivity index (χ3v) is 9.27. The van der Waals surface area contributed by atoms with Gasteiger partial charge in [0, 0.05) is 31.2 Å². The Balaban J connectivity index is 1.65. The Bertz CT molecular complexity index is 1220. The predicted molar refractivity (Wildman–Crippen MR) is 135 cm³/mol. The number of alkyl halides is 1. The predicted octanol–water partition coefficient (Wildman–Crippen LogP) is 3.80. The Morgan fingerprint density at radius 1 is 1.17 bits per heavy atom. The topological polar surface area (TPSA) is 84.7 Å². The molecule has 8 nitrogen and oxygen atoms in total. The van der Waals surface area contributed by atoms with Crippen molar-refractivity contribution in [2.45, 2.75) is 63.5 Å². The fourth-order valence-electron chi connectivity index (χ4n) is 4.52. The molecule has 2 aromatic rings. The second kappa shape index (κ2) is 10.1. The van der Waals surface area contributed by atoms with Crippen LogP contribution in [-0.2, 0) is 10.0 Å². The molecule has 2 fully saturated rings. The van der Waals surface area contributed by atoms with Gasteiger partial charge in [-0.25, -0.2) is 12.8 Å². The van der Waals surface area contributed by atoms with Crippen molar-refractivity contribution in [2.75, 3.05) is 31.1 Å². The van der Waals surface area contributed by atoms with Crippen LogP contribution in [0, 0.1) is 0 Å². The lowest BCUT2D eigenvalue weighted by atomic mass is 9.86. The van der Waals surface area contributed by atoms with Crippen molar-refractivity contribution in [3.05, 3.63) is 45.8 Å². The molecule has 0 N–H and O–H groups in total. The monoisotopic (exact) mass is 526 g/mol. The zero-order valence-electron chi connectivity index (χ0n) is 20.3. The summed E-state index contributed by atoms with van der Waals surface area (Å²) in [5, 5.41) is 4.35. The minimum atomic E-state index is -3.36. The van der Waals surface area contributed by atoms with Gasteiger partial charge in [-0.1, -0.05) is 17.7 Å². The first-order valence-electron chi connectivity index (χ1n) is 12.0. The molecule has 35 heavy (non-hydrogen) atoms. The van der Waals surface area contributed by atoms with E-state index in [-0.39, 0.29) is 11.9 Å². The van der Waals surface area contributed by atoms with E-state index in [4.69, 9.17) is 16.3 Å². The molecule has 1 aliphatic carbocycles. The molecule has 4 rings (SSSR count). The third kappa shape index (κ3) is 5.65. The molecule has 1 aromatic carbocycles. The Labute approximate surface area is 210 Å². The summed E-state index contributed by atoms with van der Waals surface area (Å²) in [4.78, 5) is 15.5. The van der Waals surface area contributed by atoms with Crippen molar-refractivity contribution in [2.24, 2.45) is 0 Å². The zero-order valence-corrected chi connectivity index (χ0v) is 21.9. The van der Waals surface area contributed by atoms with Gasteiger partial charge in [0.2, 0.25) is 15.8 Å². The molecule has 1 aromatic heterocycles. The third-order valence-electron chi connectivity index (χ3n) is 6.76. The maximum Gasteiger partial charge on any atom is 0.316 e. The number of hydrogen-bond acceptors (Lipinski definition) is 6. The molecule has 2 aliphatic rings. The summed E-state index contributed by atoms with van der Waals surface area (Å²) in [5.41, 5.74) is -0.633. The van der Waals surface area contributed by atoms with Gasteiger partial charge in [0.1, 0.15) is 11.4 Å². The van der Waals surface area contributed by atoms with E-state index < -0.39 is 26.5 Å². The molecule has 0 atom stereocenters. The molecule has 11 heteroatoms. The van der Waals surface area contributed by atoms with Gasteiger partial charge in [0.05, 0.1) is 23.2 Å². The molecule has 0 bridgehead atoms. The van der Waals surface area contributed by atoms with E-state index in [0.717, 1.165) is 0 Å². The van der Waals surface area contributed by atoms with Crippen LogP contribution in [0.5, 0.6) is 5.75 Å². The SMILES string of the molecule is CC(C)S(=O)(=O)N1CCN(c2cnn(-c3cccc(Cl)c3)c(=O)c2OC2CCC(C)(F)CC2)CC1. The highest BCUT2D eigenvalue weighted by atomic mass is 35.5. The number of piperazine rings is 1. The minimum Gasteiger partial charge on any atom is -0.483 e. The van der Waals surface area contributed by atoms with Crippen molar-refractivity contribution >= 4 is 27.3 Å². The van der Waals surface area contributed by atoms with Gasteiger partial charge in [-0.15, -0.1) is 0 Å². The zero-order chi connectivity index (χ0) is 25.4. The first kappa shape index (κ1) is 25.9. The fraction of sp³-hybridized carbons (Fsp3) is 0.583. The summed E-state index contributed by atoms with van der Waals surface area (Å²) < 4.78 is 48.4. The maximum absolute atomic E-state index is 14.3. The number of ether oxygens (including phenoxy) is 1. The van der Waals surface area contributed by atoms with Gasteiger partial charge in [0.25, 0.3) is 0 Å². The Hall–Kier alpha value is -2.17. The van der Waals surface area contributed by atoms with E-state index in [2.05, 4.69) is 5.10 Å². The second-order valence-corrected chi connectivity index (χ2v) is 12.7. The van der Waals surface area contributed by atoms with Gasteiger partial charge in [0.15, 0.2) is 0 Å². The van der Waals surface area contributed by atoms with Crippen LogP contribution in [0.25, 0.3) is 5.69 Å². The Morgan fingerprint density at radius 3 is 2.43 bits per heavy atom. The summed E-state index contributed by atoms with van der Waals surface area (Å²) in [6, 6.07) is 6.82. The Morgan fingerprint density at radius 2 is 1.83 bits per heavy atom. The van der Waals surface area contributed by atoms with Crippen LogP contribution in [0.15, 0.2) is 35.3 Å². The van der Waals surface area contributed by atoms with Crippen molar-refractivity contribution in [3.8, 4) is 11.4 Å². The van der Waals surface area contributed by atoms with Crippen molar-refractivity contribution in [1.82, 2.24) is 14.1 Å². The van der Waals surface area contributed by atoms with Crippen LogP contribution < -0.4 is 15.2 Å². The average Bonchev–Trinajstić information content (AvgIpc) is 2.81. The normalized spacial score (nSPS) is 24.1. The molecule has 1 aliphatic heterocycles. The van der Waals surface area contributed by atoms with E-state index in [1.54, 1.807) is 51.2 Å². The molecule has 2 heterocycles. The first-order chi connectivity index (χ1) is 16.5. The van der Waals surface area contributed by atoms with Crippen LogP contribution in [-0.4, -0.2) is 65.7 Å². The van der Waals surface area contributed by atoms with E-state index in [0.29, 0.717) is 68.3 Å². The van der Waals surface area contributed by atoms with E-state index in [1.807, 2.05) is 4.90 Å².